The van der Waals surface area contributed by atoms with Crippen LogP contribution in [0.1, 0.15) is 6.92 Å². The third kappa shape index (κ3) is 1.96. The van der Waals surface area contributed by atoms with E-state index in [1.807, 2.05) is 6.07 Å². The molecule has 1 saturated heterocycles. The fourth-order valence-electron chi connectivity index (χ4n) is 1.63. The number of nitrogen functional groups attached to an aromatic ring is 1. The Labute approximate surface area is 83.7 Å². The Morgan fingerprint density at radius 1 is 1.64 bits per heavy atom. The summed E-state index contributed by atoms with van der Waals surface area (Å²) in [7, 11) is 0. The molecule has 1 unspecified atom stereocenters. The van der Waals surface area contributed by atoms with Crippen molar-refractivity contribution in [3.63, 3.8) is 0 Å². The van der Waals surface area contributed by atoms with E-state index in [-0.39, 0.29) is 6.10 Å². The van der Waals surface area contributed by atoms with Crippen molar-refractivity contribution >= 4 is 11.5 Å². The third-order valence-corrected chi connectivity index (χ3v) is 2.33. The highest BCUT2D eigenvalue weighted by Gasteiger charge is 2.17. The number of morpholine rings is 1. The summed E-state index contributed by atoms with van der Waals surface area (Å²) in [5.74, 6) is 0.945. The molecule has 0 aromatic carbocycles. The Balaban J connectivity index is 2.14. The zero-order valence-corrected chi connectivity index (χ0v) is 8.31. The van der Waals surface area contributed by atoms with Crippen molar-refractivity contribution in [2.45, 2.75) is 13.0 Å². The van der Waals surface area contributed by atoms with Gasteiger partial charge in [0.1, 0.15) is 5.82 Å². The van der Waals surface area contributed by atoms with Crippen LogP contribution in [0, 0.1) is 0 Å². The first-order valence-corrected chi connectivity index (χ1v) is 4.84. The normalized spacial score (nSPS) is 22.4. The van der Waals surface area contributed by atoms with E-state index in [1.54, 1.807) is 12.3 Å². The van der Waals surface area contributed by atoms with Crippen molar-refractivity contribution in [3.05, 3.63) is 18.3 Å². The molecule has 14 heavy (non-hydrogen) atoms. The first-order valence-electron chi connectivity index (χ1n) is 4.84. The van der Waals surface area contributed by atoms with Gasteiger partial charge in [-0.3, -0.25) is 0 Å². The Kier molecular flexibility index (Phi) is 2.54. The van der Waals surface area contributed by atoms with Crippen LogP contribution in [-0.4, -0.2) is 30.8 Å². The SMILES string of the molecule is CC1CN(c2cc(N)ccn2)CCO1. The van der Waals surface area contributed by atoms with Gasteiger partial charge in [-0.15, -0.1) is 0 Å². The Hall–Kier alpha value is -1.29. The first kappa shape index (κ1) is 9.27. The maximum atomic E-state index is 5.70. The molecule has 1 fully saturated rings. The molecule has 0 spiro atoms. The maximum absolute atomic E-state index is 5.70. The fraction of sp³-hybridized carbons (Fsp3) is 0.500. The fourth-order valence-corrected chi connectivity index (χ4v) is 1.63. The van der Waals surface area contributed by atoms with E-state index in [0.29, 0.717) is 0 Å². The summed E-state index contributed by atoms with van der Waals surface area (Å²) in [5.41, 5.74) is 6.46. The molecule has 1 aromatic heterocycles. The van der Waals surface area contributed by atoms with Crippen molar-refractivity contribution < 1.29 is 4.74 Å². The molecule has 0 saturated carbocycles. The van der Waals surface area contributed by atoms with Crippen LogP contribution >= 0.6 is 0 Å². The molecule has 4 nitrogen and oxygen atoms in total. The number of hydrogen-bond acceptors (Lipinski definition) is 4. The van der Waals surface area contributed by atoms with Gasteiger partial charge < -0.3 is 15.4 Å². The summed E-state index contributed by atoms with van der Waals surface area (Å²) in [6.07, 6.45) is 2.01. The summed E-state index contributed by atoms with van der Waals surface area (Å²) in [5, 5.41) is 0. The minimum Gasteiger partial charge on any atom is -0.399 e. The van der Waals surface area contributed by atoms with Crippen molar-refractivity contribution in [2.75, 3.05) is 30.3 Å². The van der Waals surface area contributed by atoms with Crippen LogP contribution in [0.15, 0.2) is 18.3 Å². The highest BCUT2D eigenvalue weighted by atomic mass is 16.5. The van der Waals surface area contributed by atoms with E-state index >= 15 is 0 Å². The highest BCUT2D eigenvalue weighted by molar-refractivity contribution is 5.50. The van der Waals surface area contributed by atoms with E-state index in [9.17, 15) is 0 Å². The van der Waals surface area contributed by atoms with E-state index in [2.05, 4.69) is 16.8 Å². The average molecular weight is 193 g/mol. The lowest BCUT2D eigenvalue weighted by atomic mass is 10.3. The van der Waals surface area contributed by atoms with Gasteiger partial charge in [0.2, 0.25) is 0 Å². The lowest BCUT2D eigenvalue weighted by Gasteiger charge is -2.32. The summed E-state index contributed by atoms with van der Waals surface area (Å²) >= 11 is 0. The average Bonchev–Trinajstić information content (AvgIpc) is 2.18. The van der Waals surface area contributed by atoms with Gasteiger partial charge in [-0.05, 0) is 13.0 Å². The lowest BCUT2D eigenvalue weighted by Crippen LogP contribution is -2.41. The van der Waals surface area contributed by atoms with Gasteiger partial charge in [0.15, 0.2) is 0 Å². The van der Waals surface area contributed by atoms with Gasteiger partial charge in [-0.1, -0.05) is 0 Å². The van der Waals surface area contributed by atoms with Gasteiger partial charge in [0, 0.05) is 31.0 Å². The van der Waals surface area contributed by atoms with Gasteiger partial charge >= 0.3 is 0 Å². The van der Waals surface area contributed by atoms with Crippen molar-refractivity contribution in [2.24, 2.45) is 0 Å². The van der Waals surface area contributed by atoms with Crippen molar-refractivity contribution in [1.29, 1.82) is 0 Å². The van der Waals surface area contributed by atoms with Crippen molar-refractivity contribution in [3.8, 4) is 0 Å². The second-order valence-electron chi connectivity index (χ2n) is 3.57. The maximum Gasteiger partial charge on any atom is 0.130 e. The van der Waals surface area contributed by atoms with Crippen LogP contribution in [0.4, 0.5) is 11.5 Å². The highest BCUT2D eigenvalue weighted by Crippen LogP contribution is 2.16. The molecule has 0 radical (unpaired) electrons. The number of nitrogens with two attached hydrogens (primary N) is 1. The quantitative estimate of drug-likeness (QED) is 0.719. The minimum absolute atomic E-state index is 0.270. The van der Waals surface area contributed by atoms with E-state index in [4.69, 9.17) is 10.5 Å². The molecule has 1 aromatic rings. The van der Waals surface area contributed by atoms with Crippen LogP contribution in [0.3, 0.4) is 0 Å². The number of rotatable bonds is 1. The van der Waals surface area contributed by atoms with Crippen LogP contribution in [0.5, 0.6) is 0 Å². The Morgan fingerprint density at radius 2 is 2.50 bits per heavy atom. The lowest BCUT2D eigenvalue weighted by molar-refractivity contribution is 0.0529. The smallest absolute Gasteiger partial charge is 0.130 e. The molecule has 0 aliphatic carbocycles. The molecular weight excluding hydrogens is 178 g/mol. The third-order valence-electron chi connectivity index (χ3n) is 2.33. The number of pyridine rings is 1. The minimum atomic E-state index is 0.270. The topological polar surface area (TPSA) is 51.4 Å². The molecule has 1 aliphatic heterocycles. The number of hydrogen-bond donors (Lipinski definition) is 1. The summed E-state index contributed by atoms with van der Waals surface area (Å²) in [6, 6.07) is 3.70. The molecular formula is C10H15N3O. The van der Waals surface area contributed by atoms with Gasteiger partial charge in [0.05, 0.1) is 12.7 Å². The number of nitrogens with zero attached hydrogens (tertiary/aromatic N) is 2. The molecule has 4 heteroatoms. The molecule has 2 heterocycles. The molecule has 0 amide bonds. The van der Waals surface area contributed by atoms with Crippen molar-refractivity contribution in [1.82, 2.24) is 4.98 Å². The van der Waals surface area contributed by atoms with E-state index < -0.39 is 0 Å². The van der Waals surface area contributed by atoms with E-state index in [1.165, 1.54) is 0 Å². The van der Waals surface area contributed by atoms with Crippen LogP contribution in [0.25, 0.3) is 0 Å². The Bertz CT molecular complexity index is 316. The summed E-state index contributed by atoms with van der Waals surface area (Å²) < 4.78 is 5.46. The zero-order valence-electron chi connectivity index (χ0n) is 8.31. The predicted molar refractivity (Wildman–Crippen MR) is 56.3 cm³/mol. The first-order chi connectivity index (χ1) is 6.75. The second-order valence-corrected chi connectivity index (χ2v) is 3.57. The van der Waals surface area contributed by atoms with E-state index in [0.717, 1.165) is 31.2 Å². The summed E-state index contributed by atoms with van der Waals surface area (Å²) in [4.78, 5) is 6.49. The molecule has 0 bridgehead atoms. The second kappa shape index (κ2) is 3.84. The standard InChI is InChI=1S/C10H15N3O/c1-8-7-13(4-5-14-8)10-6-9(11)2-3-12-10/h2-3,6,8H,4-5,7H2,1H3,(H2,11,12). The van der Waals surface area contributed by atoms with Gasteiger partial charge in [0.25, 0.3) is 0 Å². The molecule has 1 atom stereocenters. The largest absolute Gasteiger partial charge is 0.399 e. The zero-order chi connectivity index (χ0) is 9.97. The number of ether oxygens (including phenoxy) is 1. The molecule has 2 N–H and O–H groups in total. The van der Waals surface area contributed by atoms with Crippen LogP contribution in [-0.2, 0) is 4.74 Å². The van der Waals surface area contributed by atoms with Crippen LogP contribution in [0.2, 0.25) is 0 Å². The van der Waals surface area contributed by atoms with Gasteiger partial charge in [-0.25, -0.2) is 4.98 Å². The summed E-state index contributed by atoms with van der Waals surface area (Å²) in [6.45, 7) is 4.60. The molecule has 1 aliphatic rings. The monoisotopic (exact) mass is 193 g/mol. The number of anilines is 2. The van der Waals surface area contributed by atoms with Gasteiger partial charge in [-0.2, -0.15) is 0 Å². The Morgan fingerprint density at radius 3 is 3.21 bits per heavy atom. The molecule has 76 valence electrons. The molecule has 2 rings (SSSR count). The number of aromatic nitrogens is 1. The van der Waals surface area contributed by atoms with Crippen LogP contribution < -0.4 is 10.6 Å². The predicted octanol–water partition coefficient (Wildman–Crippen LogP) is 0.889.